The normalized spacial score (nSPS) is 12.0. The summed E-state index contributed by atoms with van der Waals surface area (Å²) in [5, 5.41) is -7.00. The summed E-state index contributed by atoms with van der Waals surface area (Å²) >= 11 is 0. The Morgan fingerprint density at radius 3 is 1.50 bits per heavy atom. The first kappa shape index (κ1) is 45.8. The van der Waals surface area contributed by atoms with Crippen molar-refractivity contribution >= 4 is 23.6 Å². The van der Waals surface area contributed by atoms with Gasteiger partial charge < -0.3 is 23.7 Å². The Hall–Kier alpha value is -4.23. The highest BCUT2D eigenvalue weighted by atomic mass is 32.2. The maximum atomic E-state index is 12.2. The van der Waals surface area contributed by atoms with Crippen LogP contribution in [-0.2, 0) is 19.6 Å². The van der Waals surface area contributed by atoms with Crippen molar-refractivity contribution in [2.45, 2.75) is 37.1 Å². The minimum absolute atomic E-state index is 0. The third-order valence-electron chi connectivity index (χ3n) is 6.83. The molecular formula is C33H35F9O8S2. The molecule has 0 radical (unpaired) electrons. The first-order chi connectivity index (χ1) is 23.6. The lowest BCUT2D eigenvalue weighted by Gasteiger charge is -2.31. The van der Waals surface area contributed by atoms with Crippen LogP contribution in [0.25, 0.3) is 22.3 Å². The lowest BCUT2D eigenvalue weighted by Crippen LogP contribution is -2.63. The summed E-state index contributed by atoms with van der Waals surface area (Å²) < 4.78 is 161. The quantitative estimate of drug-likeness (QED) is 0.0664. The minimum atomic E-state index is -7.37. The highest BCUT2D eigenvalue weighted by molar-refractivity contribution is 7.87. The molecule has 0 heterocycles. The molecule has 0 aliphatic carbocycles. The molecule has 0 aromatic heterocycles. The molecule has 290 valence electrons. The number of halogens is 9. The molecule has 1 N–H and O–H groups in total. The topological polar surface area (TPSA) is 101 Å². The van der Waals surface area contributed by atoms with Gasteiger partial charge in [0.1, 0.15) is 43.7 Å². The number of alkyl halides is 9. The highest BCUT2D eigenvalue weighted by Gasteiger charge is 2.85. The third kappa shape index (κ3) is 10.4. The largest absolute Gasteiger partial charge is 0.498 e. The Balaban J connectivity index is 0.000000639. The number of benzene rings is 3. The monoisotopic (exact) mass is 794 g/mol. The Morgan fingerprint density at radius 2 is 1.13 bits per heavy atom. The summed E-state index contributed by atoms with van der Waals surface area (Å²) in [7, 11) is -5.46. The molecule has 0 saturated heterocycles. The molecule has 19 heteroatoms. The average molecular weight is 795 g/mol. The molecular weight excluding hydrogens is 759 g/mol. The van der Waals surface area contributed by atoms with E-state index in [0.29, 0.717) is 26.4 Å². The fraction of sp³-hybridized carbons (Fsp3) is 0.333. The predicted octanol–water partition coefficient (Wildman–Crippen LogP) is 9.14. The molecule has 0 aliphatic heterocycles. The molecule has 0 spiro atoms. The van der Waals surface area contributed by atoms with E-state index in [1.807, 2.05) is 24.3 Å². The predicted molar refractivity (Wildman–Crippen MR) is 179 cm³/mol. The van der Waals surface area contributed by atoms with Crippen molar-refractivity contribution in [1.82, 2.24) is 0 Å². The van der Waals surface area contributed by atoms with Gasteiger partial charge in [-0.3, -0.25) is 4.55 Å². The van der Waals surface area contributed by atoms with Crippen molar-refractivity contribution in [2.75, 3.05) is 33.5 Å². The van der Waals surface area contributed by atoms with E-state index in [4.69, 9.17) is 28.2 Å². The molecule has 0 aliphatic rings. The zero-order valence-corrected chi connectivity index (χ0v) is 29.5. The third-order valence-corrected chi connectivity index (χ3v) is 7.74. The lowest BCUT2D eigenvalue weighted by atomic mass is 9.88. The summed E-state index contributed by atoms with van der Waals surface area (Å²) in [6, 6.07) is 18.4. The number of hydrogen-bond donors (Lipinski definition) is 1. The number of ether oxygens (including phenoxy) is 5. The molecule has 0 atom stereocenters. The Kier molecular flexibility index (Phi) is 16.3. The second kappa shape index (κ2) is 18.5. The van der Waals surface area contributed by atoms with Crippen LogP contribution in [0.5, 0.6) is 17.2 Å². The molecule has 3 aromatic rings. The minimum Gasteiger partial charge on any atom is -0.498 e. The summed E-state index contributed by atoms with van der Waals surface area (Å²) in [5.41, 5.74) is 6.61. The van der Waals surface area contributed by atoms with Crippen LogP contribution < -0.4 is 14.2 Å². The Labute approximate surface area is 301 Å². The summed E-state index contributed by atoms with van der Waals surface area (Å²) in [6.45, 7) is 13.1. The Bertz CT molecular complexity index is 1730. The maximum absolute atomic E-state index is 12.2. The van der Waals surface area contributed by atoms with Crippen molar-refractivity contribution < 1.29 is 76.2 Å². The van der Waals surface area contributed by atoms with Gasteiger partial charge in [-0.1, -0.05) is 37.4 Å². The van der Waals surface area contributed by atoms with Gasteiger partial charge >= 0.3 is 33.4 Å². The first-order valence-corrected chi connectivity index (χ1v) is 15.8. The molecule has 0 bridgehead atoms. The van der Waals surface area contributed by atoms with Gasteiger partial charge in [0, 0.05) is 0 Å². The lowest BCUT2D eigenvalue weighted by molar-refractivity contribution is -0.382. The molecule has 3 aromatic carbocycles. The van der Waals surface area contributed by atoms with Crippen LogP contribution in [0.15, 0.2) is 80.3 Å². The van der Waals surface area contributed by atoms with E-state index in [2.05, 4.69) is 57.3 Å². The van der Waals surface area contributed by atoms with Gasteiger partial charge in [-0.2, -0.15) is 61.4 Å². The average Bonchev–Trinajstić information content (AvgIpc) is 3.05. The van der Waals surface area contributed by atoms with E-state index >= 15 is 0 Å². The van der Waals surface area contributed by atoms with Crippen LogP contribution in [0.3, 0.4) is 0 Å². The van der Waals surface area contributed by atoms with Crippen LogP contribution in [0.4, 0.5) is 39.5 Å². The van der Waals surface area contributed by atoms with E-state index in [-0.39, 0.29) is 13.5 Å². The number of hydrogen-bond acceptors (Lipinski definition) is 7. The van der Waals surface area contributed by atoms with Crippen LogP contribution in [0.1, 0.15) is 11.1 Å². The second-order valence-electron chi connectivity index (χ2n) is 10.2. The summed E-state index contributed by atoms with van der Waals surface area (Å²) in [6.07, 6.45) is -4.31. The molecule has 52 heavy (non-hydrogen) atoms. The molecule has 0 amide bonds. The van der Waals surface area contributed by atoms with E-state index < -0.39 is 33.4 Å². The number of rotatable bonds is 16. The number of methoxy groups -OCH3 is 1. The molecule has 8 nitrogen and oxygen atoms in total. The summed E-state index contributed by atoms with van der Waals surface area (Å²) in [4.78, 5) is 0. The zero-order chi connectivity index (χ0) is 38.8. The van der Waals surface area contributed by atoms with Gasteiger partial charge in [-0.25, -0.2) is 0 Å². The maximum Gasteiger partial charge on any atom is 0.460 e. The fourth-order valence-corrected chi connectivity index (χ4v) is 4.88. The smallest absolute Gasteiger partial charge is 0.460 e. The van der Waals surface area contributed by atoms with Crippen LogP contribution >= 0.6 is 13.5 Å². The van der Waals surface area contributed by atoms with Crippen molar-refractivity contribution in [2.24, 2.45) is 0 Å². The van der Waals surface area contributed by atoms with Crippen LogP contribution in [0.2, 0.25) is 0 Å². The van der Waals surface area contributed by atoms with Crippen molar-refractivity contribution in [1.29, 1.82) is 0 Å². The first-order valence-electron chi connectivity index (χ1n) is 14.4. The Morgan fingerprint density at radius 1 is 0.712 bits per heavy atom. The van der Waals surface area contributed by atoms with E-state index in [0.717, 1.165) is 50.6 Å². The van der Waals surface area contributed by atoms with Crippen LogP contribution in [0, 0.1) is 13.8 Å². The van der Waals surface area contributed by atoms with E-state index in [1.165, 1.54) is 12.5 Å². The highest BCUT2D eigenvalue weighted by Crippen LogP contribution is 2.54. The summed E-state index contributed by atoms with van der Waals surface area (Å²) in [5.74, 6) is -12.2. The van der Waals surface area contributed by atoms with Gasteiger partial charge in [0.2, 0.25) is 0 Å². The van der Waals surface area contributed by atoms with Crippen molar-refractivity contribution in [3.8, 4) is 39.5 Å². The fourth-order valence-electron chi connectivity index (χ4n) is 4.43. The van der Waals surface area contributed by atoms with Crippen molar-refractivity contribution in [3.05, 3.63) is 91.4 Å². The number of aryl methyl sites for hydroxylation is 1. The molecule has 0 unspecified atom stereocenters. The van der Waals surface area contributed by atoms with Crippen molar-refractivity contribution in [3.63, 3.8) is 0 Å². The SMILES string of the molecule is C=COCCOc1ccc(-c2cc(C)c(OC)c(C)c2-c2ccc(OCCOC=C)cc2)cc1.O=S(=O)(O)C(F)(F)C(F)(F)C(F)(F)C(F)(F)F.S. The standard InChI is InChI=1S/C29H32O5.C4HF9O3S.H2S/c1-6-31-16-18-33-25-12-8-23(9-13-25)27-20-21(3)29(30-5)22(4)28(27)24-10-14-26(15-11-24)34-19-17-32-7-2;5-1(6,3(9,10)11)2(7,8)4(12,13)17(14,15)16;/h6-15,20H,1-2,16-19H2,3-5H3;(H,14,15,16);1H2. The van der Waals surface area contributed by atoms with Gasteiger partial charge in [-0.15, -0.1) is 0 Å². The van der Waals surface area contributed by atoms with Gasteiger partial charge in [0.15, 0.2) is 0 Å². The van der Waals surface area contributed by atoms with Gasteiger partial charge in [0.05, 0.1) is 19.6 Å². The molecule has 0 saturated carbocycles. The van der Waals surface area contributed by atoms with Gasteiger partial charge in [-0.05, 0) is 77.6 Å². The van der Waals surface area contributed by atoms with Crippen LogP contribution in [-0.4, -0.2) is 69.8 Å². The second-order valence-corrected chi connectivity index (χ2v) is 11.7. The van der Waals surface area contributed by atoms with E-state index in [9.17, 15) is 47.9 Å². The zero-order valence-electron chi connectivity index (χ0n) is 27.7. The van der Waals surface area contributed by atoms with E-state index in [1.54, 1.807) is 7.11 Å². The molecule has 3 rings (SSSR count). The molecule has 0 fully saturated rings. The van der Waals surface area contributed by atoms with Gasteiger partial charge in [0.25, 0.3) is 0 Å².